The number of aliphatic hydroxyl groups is 1. The van der Waals surface area contributed by atoms with E-state index in [0.717, 1.165) is 0 Å². The summed E-state index contributed by atoms with van der Waals surface area (Å²) in [6.45, 7) is 0.537. The average Bonchev–Trinajstić information content (AvgIpc) is 2.15. The van der Waals surface area contributed by atoms with Crippen molar-refractivity contribution >= 4 is 5.69 Å². The van der Waals surface area contributed by atoms with E-state index in [0.29, 0.717) is 25.1 Å². The highest BCUT2D eigenvalue weighted by Crippen LogP contribution is 2.19. The molecule has 1 aromatic rings. The van der Waals surface area contributed by atoms with Crippen LogP contribution in [0.5, 0.6) is 5.75 Å². The summed E-state index contributed by atoms with van der Waals surface area (Å²) in [5, 5.41) is 8.51. The van der Waals surface area contributed by atoms with Crippen LogP contribution in [0.3, 0.4) is 0 Å². The minimum absolute atomic E-state index is 0.133. The van der Waals surface area contributed by atoms with Crippen LogP contribution in [0.2, 0.25) is 0 Å². The smallest absolute Gasteiger partial charge is 0.167 e. The highest BCUT2D eigenvalue weighted by atomic mass is 19.1. The summed E-state index contributed by atoms with van der Waals surface area (Å²) in [4.78, 5) is 0. The molecule has 1 aromatic carbocycles. The molecule has 0 saturated carbocycles. The first kappa shape index (κ1) is 10.8. The van der Waals surface area contributed by atoms with Crippen LogP contribution in [-0.4, -0.2) is 18.3 Å². The van der Waals surface area contributed by atoms with Gasteiger partial charge in [0.15, 0.2) is 11.6 Å². The molecule has 0 aliphatic rings. The van der Waals surface area contributed by atoms with Gasteiger partial charge < -0.3 is 15.6 Å². The first-order valence-corrected chi connectivity index (χ1v) is 4.52. The molecule has 4 heteroatoms. The lowest BCUT2D eigenvalue weighted by atomic mass is 10.3. The van der Waals surface area contributed by atoms with Crippen molar-refractivity contribution in [2.75, 3.05) is 18.9 Å². The molecule has 0 heterocycles. The second kappa shape index (κ2) is 5.44. The van der Waals surface area contributed by atoms with Crippen molar-refractivity contribution in [2.24, 2.45) is 0 Å². The molecule has 3 nitrogen and oxygen atoms in total. The molecule has 0 amide bonds. The van der Waals surface area contributed by atoms with Gasteiger partial charge in [0.1, 0.15) is 0 Å². The first-order valence-electron chi connectivity index (χ1n) is 4.52. The fourth-order valence-corrected chi connectivity index (χ4v) is 1.03. The minimum atomic E-state index is -0.450. The number of hydrogen-bond donors (Lipinski definition) is 2. The predicted octanol–water partition coefficient (Wildman–Crippen LogP) is 1.56. The van der Waals surface area contributed by atoms with Gasteiger partial charge in [-0.15, -0.1) is 0 Å². The summed E-state index contributed by atoms with van der Waals surface area (Å²) in [7, 11) is 0. The van der Waals surface area contributed by atoms with Crippen LogP contribution >= 0.6 is 0 Å². The van der Waals surface area contributed by atoms with Gasteiger partial charge in [-0.25, -0.2) is 4.39 Å². The van der Waals surface area contributed by atoms with E-state index in [2.05, 4.69) is 0 Å². The van der Waals surface area contributed by atoms with E-state index in [1.165, 1.54) is 12.1 Å². The normalized spacial score (nSPS) is 10.1. The van der Waals surface area contributed by atoms with E-state index in [-0.39, 0.29) is 12.4 Å². The third-order valence-electron chi connectivity index (χ3n) is 1.77. The molecule has 0 aliphatic heterocycles. The summed E-state index contributed by atoms with van der Waals surface area (Å²) in [6, 6.07) is 4.31. The predicted molar refractivity (Wildman–Crippen MR) is 52.6 cm³/mol. The van der Waals surface area contributed by atoms with Crippen molar-refractivity contribution in [3.63, 3.8) is 0 Å². The number of unbranched alkanes of at least 4 members (excludes halogenated alkanes) is 1. The summed E-state index contributed by atoms with van der Waals surface area (Å²) in [5.41, 5.74) is 5.76. The van der Waals surface area contributed by atoms with Crippen molar-refractivity contribution in [3.05, 3.63) is 24.0 Å². The third-order valence-corrected chi connectivity index (χ3v) is 1.77. The van der Waals surface area contributed by atoms with Gasteiger partial charge in [0.2, 0.25) is 0 Å². The van der Waals surface area contributed by atoms with Crippen molar-refractivity contribution < 1.29 is 14.2 Å². The molecule has 0 bridgehead atoms. The molecular weight excluding hydrogens is 185 g/mol. The summed E-state index contributed by atoms with van der Waals surface area (Å²) < 4.78 is 18.3. The molecule has 0 spiro atoms. The third kappa shape index (κ3) is 3.22. The molecule has 0 unspecified atom stereocenters. The maximum Gasteiger partial charge on any atom is 0.167 e. The van der Waals surface area contributed by atoms with E-state index in [4.69, 9.17) is 15.6 Å². The lowest BCUT2D eigenvalue weighted by Gasteiger charge is -2.06. The second-order valence-corrected chi connectivity index (χ2v) is 2.97. The van der Waals surface area contributed by atoms with Crippen LogP contribution in [0.15, 0.2) is 18.2 Å². The topological polar surface area (TPSA) is 55.5 Å². The van der Waals surface area contributed by atoms with E-state index in [1.807, 2.05) is 0 Å². The molecule has 0 atom stereocenters. The number of aliphatic hydroxyl groups excluding tert-OH is 1. The fraction of sp³-hybridized carbons (Fsp3) is 0.400. The van der Waals surface area contributed by atoms with Gasteiger partial charge in [0.05, 0.1) is 6.61 Å². The quantitative estimate of drug-likeness (QED) is 0.559. The Morgan fingerprint density at radius 3 is 2.79 bits per heavy atom. The second-order valence-electron chi connectivity index (χ2n) is 2.97. The van der Waals surface area contributed by atoms with Crippen molar-refractivity contribution in [1.29, 1.82) is 0 Å². The number of nitrogens with two attached hydrogens (primary N) is 1. The van der Waals surface area contributed by atoms with Gasteiger partial charge in [-0.1, -0.05) is 0 Å². The Kier molecular flexibility index (Phi) is 4.19. The summed E-state index contributed by atoms with van der Waals surface area (Å²) in [5.74, 6) is -0.244. The number of rotatable bonds is 5. The van der Waals surface area contributed by atoms with Crippen LogP contribution in [0.4, 0.5) is 10.1 Å². The monoisotopic (exact) mass is 199 g/mol. The van der Waals surface area contributed by atoms with E-state index in [1.54, 1.807) is 6.07 Å². The molecule has 0 aromatic heterocycles. The van der Waals surface area contributed by atoms with Crippen molar-refractivity contribution in [2.45, 2.75) is 12.8 Å². The maximum atomic E-state index is 13.1. The Balaban J connectivity index is 2.42. The average molecular weight is 199 g/mol. The standard InChI is InChI=1S/C10H14FNO2/c11-9-7-8(12)3-4-10(9)14-6-2-1-5-13/h3-4,7,13H,1-2,5-6,12H2. The van der Waals surface area contributed by atoms with Crippen LogP contribution < -0.4 is 10.5 Å². The lowest BCUT2D eigenvalue weighted by molar-refractivity contribution is 0.248. The molecule has 1 rings (SSSR count). The Bertz CT molecular complexity index is 291. The van der Waals surface area contributed by atoms with Crippen LogP contribution in [0.25, 0.3) is 0 Å². The Morgan fingerprint density at radius 2 is 2.14 bits per heavy atom. The van der Waals surface area contributed by atoms with Gasteiger partial charge in [-0.05, 0) is 25.0 Å². The number of hydrogen-bond acceptors (Lipinski definition) is 3. The molecule has 0 fully saturated rings. The molecule has 0 aliphatic carbocycles. The SMILES string of the molecule is Nc1ccc(OCCCCO)c(F)c1. The van der Waals surface area contributed by atoms with E-state index < -0.39 is 5.82 Å². The summed E-state index contributed by atoms with van der Waals surface area (Å²) >= 11 is 0. The van der Waals surface area contributed by atoms with Crippen LogP contribution in [0.1, 0.15) is 12.8 Å². The van der Waals surface area contributed by atoms with Crippen LogP contribution in [-0.2, 0) is 0 Å². The number of nitrogen functional groups attached to an aromatic ring is 1. The fourth-order valence-electron chi connectivity index (χ4n) is 1.03. The zero-order valence-corrected chi connectivity index (χ0v) is 7.87. The van der Waals surface area contributed by atoms with Crippen molar-refractivity contribution in [3.8, 4) is 5.75 Å². The van der Waals surface area contributed by atoms with E-state index in [9.17, 15) is 4.39 Å². The van der Waals surface area contributed by atoms with Gasteiger partial charge in [0.25, 0.3) is 0 Å². The zero-order valence-electron chi connectivity index (χ0n) is 7.87. The molecule has 14 heavy (non-hydrogen) atoms. The highest BCUT2D eigenvalue weighted by molar-refractivity contribution is 5.42. The van der Waals surface area contributed by atoms with Gasteiger partial charge >= 0.3 is 0 Å². The zero-order chi connectivity index (χ0) is 10.4. The molecule has 3 N–H and O–H groups in total. The Morgan fingerprint density at radius 1 is 1.36 bits per heavy atom. The Labute approximate surface area is 82.3 Å². The number of ether oxygens (including phenoxy) is 1. The largest absolute Gasteiger partial charge is 0.491 e. The number of anilines is 1. The first-order chi connectivity index (χ1) is 6.74. The summed E-state index contributed by atoms with van der Waals surface area (Å²) in [6.07, 6.45) is 1.37. The maximum absolute atomic E-state index is 13.1. The van der Waals surface area contributed by atoms with Gasteiger partial charge in [0, 0.05) is 18.4 Å². The highest BCUT2D eigenvalue weighted by Gasteiger charge is 2.02. The minimum Gasteiger partial charge on any atom is -0.491 e. The van der Waals surface area contributed by atoms with Crippen LogP contribution in [0, 0.1) is 5.82 Å². The lowest BCUT2D eigenvalue weighted by Crippen LogP contribution is -2.00. The van der Waals surface area contributed by atoms with Crippen molar-refractivity contribution in [1.82, 2.24) is 0 Å². The molecule has 78 valence electrons. The number of benzene rings is 1. The molecule has 0 radical (unpaired) electrons. The van der Waals surface area contributed by atoms with Gasteiger partial charge in [-0.3, -0.25) is 0 Å². The molecule has 0 saturated heterocycles. The Hall–Kier alpha value is -1.29. The van der Waals surface area contributed by atoms with E-state index >= 15 is 0 Å². The molecular formula is C10H14FNO2. The number of halogens is 1. The van der Waals surface area contributed by atoms with Gasteiger partial charge in [-0.2, -0.15) is 0 Å².